The van der Waals surface area contributed by atoms with Crippen LogP contribution in [0.3, 0.4) is 0 Å². The van der Waals surface area contributed by atoms with Crippen LogP contribution in [0.4, 0.5) is 0 Å². The Labute approximate surface area is 172 Å². The molecule has 0 saturated heterocycles. The van der Waals surface area contributed by atoms with Crippen LogP contribution >= 0.6 is 11.8 Å². The van der Waals surface area contributed by atoms with Crippen molar-refractivity contribution in [2.45, 2.75) is 51.1 Å². The predicted molar refractivity (Wildman–Crippen MR) is 116 cm³/mol. The molecule has 0 aliphatic carbocycles. The third kappa shape index (κ3) is 7.04. The van der Waals surface area contributed by atoms with E-state index in [4.69, 9.17) is 0 Å². The molecule has 2 aromatic carbocycles. The number of aryl methyl sites for hydroxylation is 1. The Hall–Kier alpha value is -2.27. The maximum Gasteiger partial charge on any atom is 0.242 e. The largest absolute Gasteiger partial charge is 0.354 e. The molecule has 150 valence electrons. The van der Waals surface area contributed by atoms with Gasteiger partial charge in [0.25, 0.3) is 0 Å². The summed E-state index contributed by atoms with van der Waals surface area (Å²) >= 11 is 1.67. The first-order chi connectivity index (χ1) is 13.5. The lowest BCUT2D eigenvalue weighted by Crippen LogP contribution is -2.47. The van der Waals surface area contributed by atoms with Gasteiger partial charge in [0.2, 0.25) is 11.8 Å². The minimum Gasteiger partial charge on any atom is -0.354 e. The molecule has 2 aromatic rings. The van der Waals surface area contributed by atoms with E-state index in [0.717, 1.165) is 16.9 Å². The van der Waals surface area contributed by atoms with Crippen LogP contribution in [0.25, 0.3) is 0 Å². The number of thioether (sulfide) groups is 1. The van der Waals surface area contributed by atoms with Crippen molar-refractivity contribution in [2.24, 2.45) is 0 Å². The second-order valence-corrected chi connectivity index (χ2v) is 8.05. The topological polar surface area (TPSA) is 49.4 Å². The molecule has 28 heavy (non-hydrogen) atoms. The fourth-order valence-corrected chi connectivity index (χ4v) is 3.63. The number of nitrogens with one attached hydrogen (secondary N) is 1. The Bertz CT molecular complexity index is 747. The highest BCUT2D eigenvalue weighted by atomic mass is 32.2. The van der Waals surface area contributed by atoms with Gasteiger partial charge in [-0.15, -0.1) is 11.8 Å². The van der Waals surface area contributed by atoms with Crippen LogP contribution in [0, 0.1) is 6.92 Å². The van der Waals surface area contributed by atoms with Crippen molar-refractivity contribution in [3.05, 3.63) is 65.7 Å². The number of nitrogens with zero attached hydrogens (tertiary/aromatic N) is 1. The molecule has 0 aliphatic rings. The van der Waals surface area contributed by atoms with Crippen molar-refractivity contribution in [3.8, 4) is 0 Å². The van der Waals surface area contributed by atoms with E-state index in [-0.39, 0.29) is 11.8 Å². The predicted octanol–water partition coefficient (Wildman–Crippen LogP) is 4.42. The van der Waals surface area contributed by atoms with Crippen molar-refractivity contribution in [1.82, 2.24) is 10.2 Å². The van der Waals surface area contributed by atoms with Crippen molar-refractivity contribution >= 4 is 23.6 Å². The first-order valence-electron chi connectivity index (χ1n) is 9.81. The molecule has 4 nitrogen and oxygen atoms in total. The minimum absolute atomic E-state index is 0.00242. The lowest BCUT2D eigenvalue weighted by atomic mass is 10.1. The van der Waals surface area contributed by atoms with Crippen LogP contribution in [0.2, 0.25) is 0 Å². The third-order valence-corrected chi connectivity index (χ3v) is 5.53. The number of rotatable bonds is 10. The summed E-state index contributed by atoms with van der Waals surface area (Å²) in [6.45, 7) is 6.94. The van der Waals surface area contributed by atoms with E-state index in [1.807, 2.05) is 37.3 Å². The molecule has 1 unspecified atom stereocenters. The number of carbonyl (C=O) groups excluding carboxylic acids is 2. The van der Waals surface area contributed by atoms with E-state index in [2.05, 4.69) is 36.5 Å². The molecule has 1 N–H and O–H groups in total. The third-order valence-electron chi connectivity index (χ3n) is 4.52. The molecular formula is C23H30N2O2S. The van der Waals surface area contributed by atoms with Crippen LogP contribution < -0.4 is 5.32 Å². The number of benzene rings is 2. The first kappa shape index (κ1) is 22.0. The average Bonchev–Trinajstić information content (AvgIpc) is 2.71. The smallest absolute Gasteiger partial charge is 0.242 e. The average molecular weight is 399 g/mol. The molecule has 2 amide bonds. The van der Waals surface area contributed by atoms with E-state index in [1.54, 1.807) is 23.6 Å². The van der Waals surface area contributed by atoms with Gasteiger partial charge < -0.3 is 10.2 Å². The number of hydrogen-bond donors (Lipinski definition) is 1. The highest BCUT2D eigenvalue weighted by Gasteiger charge is 2.25. The fraction of sp³-hybridized carbons (Fsp3) is 0.391. The van der Waals surface area contributed by atoms with Gasteiger partial charge in [-0.25, -0.2) is 0 Å². The van der Waals surface area contributed by atoms with Gasteiger partial charge in [0.05, 0.1) is 0 Å². The van der Waals surface area contributed by atoms with Crippen molar-refractivity contribution < 1.29 is 9.59 Å². The number of carbonyl (C=O) groups is 2. The summed E-state index contributed by atoms with van der Waals surface area (Å²) in [6.07, 6.45) is 1.27. The van der Waals surface area contributed by atoms with Gasteiger partial charge in [0, 0.05) is 30.2 Å². The molecular weight excluding hydrogens is 368 g/mol. The quantitative estimate of drug-likeness (QED) is 0.603. The fourth-order valence-electron chi connectivity index (χ4n) is 2.79. The van der Waals surface area contributed by atoms with Crippen LogP contribution in [-0.4, -0.2) is 35.1 Å². The second kappa shape index (κ2) is 11.5. The zero-order valence-corrected chi connectivity index (χ0v) is 17.8. The van der Waals surface area contributed by atoms with E-state index in [1.165, 1.54) is 5.56 Å². The molecule has 0 saturated carbocycles. The van der Waals surface area contributed by atoms with Gasteiger partial charge in [-0.1, -0.05) is 55.0 Å². The summed E-state index contributed by atoms with van der Waals surface area (Å²) < 4.78 is 0. The van der Waals surface area contributed by atoms with E-state index in [9.17, 15) is 9.59 Å². The highest BCUT2D eigenvalue weighted by molar-refractivity contribution is 7.99. The molecule has 0 aliphatic heterocycles. The summed E-state index contributed by atoms with van der Waals surface area (Å²) in [5.41, 5.74) is 2.25. The molecule has 0 spiro atoms. The Balaban J connectivity index is 2.00. The van der Waals surface area contributed by atoms with Crippen molar-refractivity contribution in [2.75, 3.05) is 12.3 Å². The summed E-state index contributed by atoms with van der Waals surface area (Å²) in [5, 5.41) is 2.90. The Morgan fingerprint density at radius 3 is 2.39 bits per heavy atom. The van der Waals surface area contributed by atoms with Gasteiger partial charge in [0.1, 0.15) is 6.04 Å². The maximum absolute atomic E-state index is 12.9. The van der Waals surface area contributed by atoms with E-state index < -0.39 is 6.04 Å². The van der Waals surface area contributed by atoms with Gasteiger partial charge in [-0.3, -0.25) is 9.59 Å². The zero-order valence-electron chi connectivity index (χ0n) is 17.0. The summed E-state index contributed by atoms with van der Waals surface area (Å²) in [4.78, 5) is 28.2. The summed E-state index contributed by atoms with van der Waals surface area (Å²) in [7, 11) is 0. The van der Waals surface area contributed by atoms with Crippen LogP contribution in [0.15, 0.2) is 59.5 Å². The molecule has 0 bridgehead atoms. The Kier molecular flexibility index (Phi) is 9.08. The maximum atomic E-state index is 12.9. The Morgan fingerprint density at radius 2 is 1.75 bits per heavy atom. The molecule has 0 fully saturated rings. The number of amides is 2. The SMILES string of the molecule is CCCNC(=O)C(C)N(Cc1ccccc1)C(=O)CCSc1ccc(C)cc1. The van der Waals surface area contributed by atoms with Gasteiger partial charge >= 0.3 is 0 Å². The van der Waals surface area contributed by atoms with Gasteiger partial charge in [-0.05, 0) is 38.0 Å². The Morgan fingerprint density at radius 1 is 1.07 bits per heavy atom. The first-order valence-corrected chi connectivity index (χ1v) is 10.8. The van der Waals surface area contributed by atoms with Crippen molar-refractivity contribution in [1.29, 1.82) is 0 Å². The lowest BCUT2D eigenvalue weighted by molar-refractivity contribution is -0.140. The monoisotopic (exact) mass is 398 g/mol. The van der Waals surface area contributed by atoms with Gasteiger partial charge in [-0.2, -0.15) is 0 Å². The lowest BCUT2D eigenvalue weighted by Gasteiger charge is -2.29. The number of hydrogen-bond acceptors (Lipinski definition) is 3. The molecule has 1 atom stereocenters. The van der Waals surface area contributed by atoms with Crippen LogP contribution in [-0.2, 0) is 16.1 Å². The second-order valence-electron chi connectivity index (χ2n) is 6.89. The minimum atomic E-state index is -0.497. The van der Waals surface area contributed by atoms with Crippen LogP contribution in [0.1, 0.15) is 37.8 Å². The van der Waals surface area contributed by atoms with E-state index in [0.29, 0.717) is 25.3 Å². The molecule has 5 heteroatoms. The summed E-state index contributed by atoms with van der Waals surface area (Å²) in [5.74, 6) is 0.594. The normalized spacial score (nSPS) is 11.7. The van der Waals surface area contributed by atoms with Crippen LogP contribution in [0.5, 0.6) is 0 Å². The highest BCUT2D eigenvalue weighted by Crippen LogP contribution is 2.20. The molecule has 2 rings (SSSR count). The molecule has 0 aromatic heterocycles. The van der Waals surface area contributed by atoms with Crippen molar-refractivity contribution in [3.63, 3.8) is 0 Å². The standard InChI is InChI=1S/C23H30N2O2S/c1-4-15-24-23(27)19(3)25(17-20-8-6-5-7-9-20)22(26)14-16-28-21-12-10-18(2)11-13-21/h5-13,19H,4,14-17H2,1-3H3,(H,24,27). The molecule has 0 heterocycles. The van der Waals surface area contributed by atoms with E-state index >= 15 is 0 Å². The molecule has 0 radical (unpaired) electrons. The van der Waals surface area contributed by atoms with Gasteiger partial charge in [0.15, 0.2) is 0 Å². The summed E-state index contributed by atoms with van der Waals surface area (Å²) in [6, 6.07) is 17.6. The zero-order chi connectivity index (χ0) is 20.4.